The zero-order chi connectivity index (χ0) is 18.0. The average molecular weight is 407 g/mol. The molecular formula is C15H12BrFN6O2. The van der Waals surface area contributed by atoms with E-state index in [9.17, 15) is 14.0 Å². The predicted octanol–water partition coefficient (Wildman–Crippen LogP) is 1.88. The fourth-order valence-corrected chi connectivity index (χ4v) is 2.45. The molecule has 2 amide bonds. The molecule has 0 saturated carbocycles. The van der Waals surface area contributed by atoms with Crippen LogP contribution in [0.3, 0.4) is 0 Å². The average Bonchev–Trinajstić information content (AvgIpc) is 3.19. The molecule has 0 aliphatic carbocycles. The van der Waals surface area contributed by atoms with Crippen LogP contribution in [-0.4, -0.2) is 31.8 Å². The van der Waals surface area contributed by atoms with Gasteiger partial charge in [-0.15, -0.1) is 5.10 Å². The van der Waals surface area contributed by atoms with E-state index in [-0.39, 0.29) is 17.2 Å². The maximum absolute atomic E-state index is 13.0. The van der Waals surface area contributed by atoms with Crippen LogP contribution >= 0.6 is 15.9 Å². The SMILES string of the molecule is Cc1c(C(=O)NNC(=O)c2cc(Br)c[nH]2)nnn1-c1ccc(F)cc1. The monoisotopic (exact) mass is 406 g/mol. The number of carbonyl (C=O) groups is 2. The third kappa shape index (κ3) is 3.58. The van der Waals surface area contributed by atoms with Crippen molar-refractivity contribution in [2.75, 3.05) is 0 Å². The maximum Gasteiger partial charge on any atom is 0.292 e. The Balaban J connectivity index is 1.70. The highest BCUT2D eigenvalue weighted by Gasteiger charge is 2.18. The lowest BCUT2D eigenvalue weighted by Gasteiger charge is -2.06. The molecule has 25 heavy (non-hydrogen) atoms. The van der Waals surface area contributed by atoms with Gasteiger partial charge >= 0.3 is 0 Å². The van der Waals surface area contributed by atoms with Crippen molar-refractivity contribution < 1.29 is 14.0 Å². The van der Waals surface area contributed by atoms with Gasteiger partial charge in [0.25, 0.3) is 11.8 Å². The van der Waals surface area contributed by atoms with Gasteiger partial charge in [-0.3, -0.25) is 20.4 Å². The van der Waals surface area contributed by atoms with Gasteiger partial charge in [0.05, 0.1) is 11.4 Å². The number of nitrogens with one attached hydrogen (secondary N) is 3. The molecule has 2 heterocycles. The van der Waals surface area contributed by atoms with Crippen LogP contribution in [0.4, 0.5) is 4.39 Å². The Morgan fingerprint density at radius 1 is 1.20 bits per heavy atom. The van der Waals surface area contributed by atoms with Crippen LogP contribution in [0.5, 0.6) is 0 Å². The highest BCUT2D eigenvalue weighted by atomic mass is 79.9. The summed E-state index contributed by atoms with van der Waals surface area (Å²) >= 11 is 3.21. The van der Waals surface area contributed by atoms with Crippen molar-refractivity contribution in [2.45, 2.75) is 6.92 Å². The maximum atomic E-state index is 13.0. The summed E-state index contributed by atoms with van der Waals surface area (Å²) in [7, 11) is 0. The number of rotatable bonds is 3. The van der Waals surface area contributed by atoms with Gasteiger partial charge in [-0.1, -0.05) is 5.21 Å². The van der Waals surface area contributed by atoms with Gasteiger partial charge in [0, 0.05) is 10.7 Å². The Kier molecular flexibility index (Phi) is 4.61. The van der Waals surface area contributed by atoms with E-state index >= 15 is 0 Å². The van der Waals surface area contributed by atoms with Gasteiger partial charge in [0.15, 0.2) is 5.69 Å². The number of nitrogens with zero attached hydrogens (tertiary/aromatic N) is 3. The number of H-pyrrole nitrogens is 1. The second-order valence-corrected chi connectivity index (χ2v) is 5.97. The normalized spacial score (nSPS) is 10.5. The molecule has 128 valence electrons. The largest absolute Gasteiger partial charge is 0.356 e. The number of aromatic nitrogens is 4. The van der Waals surface area contributed by atoms with Gasteiger partial charge in [0.1, 0.15) is 11.5 Å². The van der Waals surface area contributed by atoms with Crippen LogP contribution in [0.1, 0.15) is 26.7 Å². The molecule has 0 saturated heterocycles. The third-order valence-corrected chi connectivity index (χ3v) is 3.82. The molecular weight excluding hydrogens is 395 g/mol. The molecule has 0 unspecified atom stereocenters. The summed E-state index contributed by atoms with van der Waals surface area (Å²) in [5, 5.41) is 7.69. The van der Waals surface area contributed by atoms with Crippen LogP contribution in [-0.2, 0) is 0 Å². The van der Waals surface area contributed by atoms with Crippen LogP contribution < -0.4 is 10.9 Å². The van der Waals surface area contributed by atoms with Crippen LogP contribution in [0, 0.1) is 12.7 Å². The van der Waals surface area contributed by atoms with E-state index in [2.05, 4.69) is 42.1 Å². The molecule has 2 aromatic heterocycles. The van der Waals surface area contributed by atoms with Gasteiger partial charge < -0.3 is 4.98 Å². The molecule has 3 aromatic rings. The van der Waals surface area contributed by atoms with Crippen molar-refractivity contribution in [2.24, 2.45) is 0 Å². The predicted molar refractivity (Wildman–Crippen MR) is 89.5 cm³/mol. The molecule has 0 bridgehead atoms. The van der Waals surface area contributed by atoms with E-state index < -0.39 is 11.8 Å². The number of aromatic amines is 1. The van der Waals surface area contributed by atoms with Gasteiger partial charge in [-0.05, 0) is 53.2 Å². The first kappa shape index (κ1) is 16.8. The summed E-state index contributed by atoms with van der Waals surface area (Å²) in [5.74, 6) is -1.51. The zero-order valence-electron chi connectivity index (χ0n) is 12.9. The Hall–Kier alpha value is -3.01. The molecule has 3 rings (SSSR count). The number of halogens is 2. The zero-order valence-corrected chi connectivity index (χ0v) is 14.5. The third-order valence-electron chi connectivity index (χ3n) is 3.36. The molecule has 0 aliphatic rings. The fourth-order valence-electron chi connectivity index (χ4n) is 2.11. The first-order valence-corrected chi connectivity index (χ1v) is 7.88. The van der Waals surface area contributed by atoms with E-state index in [1.54, 1.807) is 19.2 Å². The number of benzene rings is 1. The minimum Gasteiger partial charge on any atom is -0.356 e. The smallest absolute Gasteiger partial charge is 0.292 e. The molecule has 1 aromatic carbocycles. The van der Waals surface area contributed by atoms with Crippen LogP contribution in [0.25, 0.3) is 5.69 Å². The summed E-state index contributed by atoms with van der Waals surface area (Å²) in [6.45, 7) is 1.64. The first-order valence-electron chi connectivity index (χ1n) is 7.08. The van der Waals surface area contributed by atoms with Gasteiger partial charge in [-0.25, -0.2) is 9.07 Å². The summed E-state index contributed by atoms with van der Waals surface area (Å²) in [6.07, 6.45) is 1.59. The van der Waals surface area contributed by atoms with E-state index in [0.29, 0.717) is 15.9 Å². The number of hydrogen-bond acceptors (Lipinski definition) is 4. The van der Waals surface area contributed by atoms with Crippen molar-refractivity contribution in [1.82, 2.24) is 30.8 Å². The summed E-state index contributed by atoms with van der Waals surface area (Å²) < 4.78 is 15.1. The second kappa shape index (κ2) is 6.85. The Labute approximate surface area is 149 Å². The number of hydrogen-bond donors (Lipinski definition) is 3. The van der Waals surface area contributed by atoms with Gasteiger partial charge in [-0.2, -0.15) is 0 Å². The molecule has 3 N–H and O–H groups in total. The van der Waals surface area contributed by atoms with Crippen molar-refractivity contribution in [3.63, 3.8) is 0 Å². The number of hydrazine groups is 1. The minimum atomic E-state index is -0.621. The van der Waals surface area contributed by atoms with E-state index in [4.69, 9.17) is 0 Å². The number of carbonyl (C=O) groups excluding carboxylic acids is 2. The lowest BCUT2D eigenvalue weighted by atomic mass is 10.3. The summed E-state index contributed by atoms with van der Waals surface area (Å²) in [4.78, 5) is 26.8. The fraction of sp³-hybridized carbons (Fsp3) is 0.0667. The standard InChI is InChI=1S/C15H12BrFN6O2/c1-8-13(19-22-23(8)11-4-2-10(17)3-5-11)15(25)21-20-14(24)12-6-9(16)7-18-12/h2-7,18H,1H3,(H,20,24)(H,21,25). The highest BCUT2D eigenvalue weighted by Crippen LogP contribution is 2.13. The first-order chi connectivity index (χ1) is 12.0. The van der Waals surface area contributed by atoms with Crippen LogP contribution in [0.15, 0.2) is 41.0 Å². The lowest BCUT2D eigenvalue weighted by Crippen LogP contribution is -2.42. The molecule has 0 atom stereocenters. The number of amides is 2. The van der Waals surface area contributed by atoms with Crippen molar-refractivity contribution in [3.05, 3.63) is 63.9 Å². The summed E-state index contributed by atoms with van der Waals surface area (Å²) in [6, 6.07) is 7.17. The molecule has 8 nitrogen and oxygen atoms in total. The highest BCUT2D eigenvalue weighted by molar-refractivity contribution is 9.10. The van der Waals surface area contributed by atoms with Crippen LogP contribution in [0.2, 0.25) is 0 Å². The molecule has 0 radical (unpaired) electrons. The van der Waals surface area contributed by atoms with Crippen molar-refractivity contribution >= 4 is 27.7 Å². The summed E-state index contributed by atoms with van der Waals surface area (Å²) in [5.41, 5.74) is 5.87. The lowest BCUT2D eigenvalue weighted by molar-refractivity contribution is 0.0841. The molecule has 0 spiro atoms. The van der Waals surface area contributed by atoms with Crippen molar-refractivity contribution in [3.8, 4) is 5.69 Å². The molecule has 0 aliphatic heterocycles. The Morgan fingerprint density at radius 2 is 1.88 bits per heavy atom. The Morgan fingerprint density at radius 3 is 2.52 bits per heavy atom. The van der Waals surface area contributed by atoms with Gasteiger partial charge in [0.2, 0.25) is 0 Å². The van der Waals surface area contributed by atoms with Crippen molar-refractivity contribution in [1.29, 1.82) is 0 Å². The topological polar surface area (TPSA) is 105 Å². The molecule has 10 heteroatoms. The van der Waals surface area contributed by atoms with E-state index in [1.165, 1.54) is 28.9 Å². The quantitative estimate of drug-likeness (QED) is 0.577. The molecule has 0 fully saturated rings. The Bertz CT molecular complexity index is 934. The van der Waals surface area contributed by atoms with E-state index in [0.717, 1.165) is 0 Å². The second-order valence-electron chi connectivity index (χ2n) is 5.05. The van der Waals surface area contributed by atoms with E-state index in [1.807, 2.05) is 0 Å². The minimum absolute atomic E-state index is 0.0392.